The predicted molar refractivity (Wildman–Crippen MR) is 95.6 cm³/mol. The van der Waals surface area contributed by atoms with Crippen LogP contribution in [0.4, 0.5) is 13.2 Å². The van der Waals surface area contributed by atoms with Gasteiger partial charge in [0.2, 0.25) is 0 Å². The van der Waals surface area contributed by atoms with Gasteiger partial charge in [-0.1, -0.05) is 24.3 Å². The molecule has 0 atom stereocenters. The summed E-state index contributed by atoms with van der Waals surface area (Å²) in [6.45, 7) is 1.12. The smallest absolute Gasteiger partial charge is 0.416 e. The van der Waals surface area contributed by atoms with Crippen molar-refractivity contribution in [3.63, 3.8) is 0 Å². The fourth-order valence-electron chi connectivity index (χ4n) is 2.17. The highest BCUT2D eigenvalue weighted by Crippen LogP contribution is 2.29. The maximum absolute atomic E-state index is 12.5. The Bertz CT molecular complexity index is 685. The van der Waals surface area contributed by atoms with E-state index in [2.05, 4.69) is 10.6 Å². The second-order valence-electron chi connectivity index (χ2n) is 5.40. The highest BCUT2D eigenvalue weighted by Gasteiger charge is 2.29. The van der Waals surface area contributed by atoms with Crippen LogP contribution in [0.1, 0.15) is 16.7 Å². The summed E-state index contributed by atoms with van der Waals surface area (Å²) < 4.78 is 42.6. The summed E-state index contributed by atoms with van der Waals surface area (Å²) in [6.07, 6.45) is -3.72. The standard InChI is InChI=1S/C18H19F3N2OS/c1-24-16-8-4-14(5-9-16)12-23-17(25)22-11-10-13-2-6-15(7-3-13)18(19,20)21/h2-9H,10-12H2,1H3,(H2,22,23,25). The first-order valence-corrected chi connectivity index (χ1v) is 8.10. The summed E-state index contributed by atoms with van der Waals surface area (Å²) in [5, 5.41) is 6.63. The Morgan fingerprint density at radius 3 is 2.12 bits per heavy atom. The number of methoxy groups -OCH3 is 1. The molecule has 2 aromatic rings. The van der Waals surface area contributed by atoms with E-state index in [1.807, 2.05) is 24.3 Å². The summed E-state index contributed by atoms with van der Waals surface area (Å²) >= 11 is 5.19. The minimum atomic E-state index is -4.30. The Kier molecular flexibility index (Phi) is 6.64. The van der Waals surface area contributed by atoms with Gasteiger partial charge in [-0.15, -0.1) is 0 Å². The topological polar surface area (TPSA) is 33.3 Å². The van der Waals surface area contributed by atoms with Gasteiger partial charge in [0.25, 0.3) is 0 Å². The summed E-state index contributed by atoms with van der Waals surface area (Å²) in [5.41, 5.74) is 1.24. The van der Waals surface area contributed by atoms with Crippen LogP contribution in [-0.2, 0) is 19.1 Å². The molecule has 2 aromatic carbocycles. The minimum Gasteiger partial charge on any atom is -0.497 e. The molecule has 134 valence electrons. The van der Waals surface area contributed by atoms with Crippen molar-refractivity contribution in [2.75, 3.05) is 13.7 Å². The Morgan fingerprint density at radius 2 is 1.56 bits per heavy atom. The molecule has 2 N–H and O–H groups in total. The number of halogens is 3. The molecule has 7 heteroatoms. The monoisotopic (exact) mass is 368 g/mol. The second-order valence-corrected chi connectivity index (χ2v) is 5.81. The molecule has 0 spiro atoms. The van der Waals surface area contributed by atoms with Crippen molar-refractivity contribution >= 4 is 17.3 Å². The number of nitrogens with one attached hydrogen (secondary N) is 2. The summed E-state index contributed by atoms with van der Waals surface area (Å²) in [5.74, 6) is 0.793. The molecule has 0 saturated heterocycles. The third-order valence-corrected chi connectivity index (χ3v) is 3.88. The lowest BCUT2D eigenvalue weighted by molar-refractivity contribution is -0.137. The first-order valence-electron chi connectivity index (χ1n) is 7.69. The fraction of sp³-hybridized carbons (Fsp3) is 0.278. The molecule has 2 rings (SSSR count). The Balaban J connectivity index is 1.71. The van der Waals surface area contributed by atoms with Crippen LogP contribution in [0.3, 0.4) is 0 Å². The average molecular weight is 368 g/mol. The summed E-state index contributed by atoms with van der Waals surface area (Å²) in [6, 6.07) is 12.8. The molecular weight excluding hydrogens is 349 g/mol. The van der Waals surface area contributed by atoms with Gasteiger partial charge >= 0.3 is 6.18 Å². The quantitative estimate of drug-likeness (QED) is 0.758. The van der Waals surface area contributed by atoms with Crippen LogP contribution in [0, 0.1) is 0 Å². The van der Waals surface area contributed by atoms with E-state index in [0.717, 1.165) is 29.0 Å². The van der Waals surface area contributed by atoms with Gasteiger partial charge in [0.05, 0.1) is 12.7 Å². The van der Waals surface area contributed by atoms with Crippen LogP contribution in [0.5, 0.6) is 5.75 Å². The van der Waals surface area contributed by atoms with E-state index in [9.17, 15) is 13.2 Å². The van der Waals surface area contributed by atoms with Crippen LogP contribution in [0.2, 0.25) is 0 Å². The van der Waals surface area contributed by atoms with Crippen molar-refractivity contribution in [2.24, 2.45) is 0 Å². The highest BCUT2D eigenvalue weighted by molar-refractivity contribution is 7.80. The van der Waals surface area contributed by atoms with E-state index in [-0.39, 0.29) is 0 Å². The predicted octanol–water partition coefficient (Wildman–Crippen LogP) is 3.92. The third kappa shape index (κ3) is 6.26. The number of ether oxygens (including phenoxy) is 1. The van der Waals surface area contributed by atoms with E-state index in [0.29, 0.717) is 24.6 Å². The van der Waals surface area contributed by atoms with Gasteiger partial charge in [-0.05, 0) is 54.0 Å². The molecule has 0 aliphatic carbocycles. The normalized spacial score (nSPS) is 11.0. The maximum Gasteiger partial charge on any atom is 0.416 e. The highest BCUT2D eigenvalue weighted by atomic mass is 32.1. The third-order valence-electron chi connectivity index (χ3n) is 3.59. The van der Waals surface area contributed by atoms with Crippen molar-refractivity contribution in [2.45, 2.75) is 19.1 Å². The zero-order valence-corrected chi connectivity index (χ0v) is 14.5. The van der Waals surface area contributed by atoms with Crippen molar-refractivity contribution in [1.82, 2.24) is 10.6 Å². The van der Waals surface area contributed by atoms with Gasteiger partial charge in [-0.2, -0.15) is 13.2 Å². The van der Waals surface area contributed by atoms with Gasteiger partial charge in [-0.3, -0.25) is 0 Å². The number of benzene rings is 2. The Labute approximate surface area is 150 Å². The number of thiocarbonyl (C=S) groups is 1. The number of hydrogen-bond acceptors (Lipinski definition) is 2. The van der Waals surface area contributed by atoms with Crippen LogP contribution >= 0.6 is 12.2 Å². The molecule has 0 heterocycles. The largest absolute Gasteiger partial charge is 0.497 e. The number of hydrogen-bond donors (Lipinski definition) is 2. The molecule has 3 nitrogen and oxygen atoms in total. The van der Waals surface area contributed by atoms with Crippen LogP contribution in [0.15, 0.2) is 48.5 Å². The zero-order chi connectivity index (χ0) is 18.3. The lowest BCUT2D eigenvalue weighted by Gasteiger charge is -2.11. The second kappa shape index (κ2) is 8.71. The van der Waals surface area contributed by atoms with Crippen LogP contribution in [0.25, 0.3) is 0 Å². The van der Waals surface area contributed by atoms with Gasteiger partial charge in [0.15, 0.2) is 5.11 Å². The molecule has 0 aromatic heterocycles. The molecule has 0 amide bonds. The molecule has 0 aliphatic rings. The van der Waals surface area contributed by atoms with E-state index < -0.39 is 11.7 Å². The minimum absolute atomic E-state index is 0.503. The van der Waals surface area contributed by atoms with Gasteiger partial charge in [0.1, 0.15) is 5.75 Å². The molecule has 0 unspecified atom stereocenters. The van der Waals surface area contributed by atoms with E-state index in [1.54, 1.807) is 7.11 Å². The van der Waals surface area contributed by atoms with Crippen LogP contribution < -0.4 is 15.4 Å². The number of alkyl halides is 3. The molecule has 0 radical (unpaired) electrons. The van der Waals surface area contributed by atoms with Crippen molar-refractivity contribution in [1.29, 1.82) is 0 Å². The van der Waals surface area contributed by atoms with E-state index in [4.69, 9.17) is 17.0 Å². The molecule has 0 bridgehead atoms. The van der Waals surface area contributed by atoms with Gasteiger partial charge in [0, 0.05) is 13.1 Å². The lowest BCUT2D eigenvalue weighted by Crippen LogP contribution is -2.35. The first kappa shape index (κ1) is 19.1. The van der Waals surface area contributed by atoms with E-state index >= 15 is 0 Å². The van der Waals surface area contributed by atoms with E-state index in [1.165, 1.54) is 12.1 Å². The van der Waals surface area contributed by atoms with Crippen molar-refractivity contribution < 1.29 is 17.9 Å². The van der Waals surface area contributed by atoms with Crippen molar-refractivity contribution in [3.8, 4) is 5.75 Å². The number of rotatable bonds is 6. The Hall–Kier alpha value is -2.28. The van der Waals surface area contributed by atoms with Crippen LogP contribution in [-0.4, -0.2) is 18.8 Å². The maximum atomic E-state index is 12.5. The molecule has 25 heavy (non-hydrogen) atoms. The average Bonchev–Trinajstić information content (AvgIpc) is 2.60. The lowest BCUT2D eigenvalue weighted by atomic mass is 10.1. The molecule has 0 fully saturated rings. The summed E-state index contributed by atoms with van der Waals surface area (Å²) in [7, 11) is 1.61. The van der Waals surface area contributed by atoms with Gasteiger partial charge in [-0.25, -0.2) is 0 Å². The zero-order valence-electron chi connectivity index (χ0n) is 13.7. The molecule has 0 saturated carbocycles. The Morgan fingerprint density at radius 1 is 0.960 bits per heavy atom. The SMILES string of the molecule is COc1ccc(CNC(=S)NCCc2ccc(C(F)(F)F)cc2)cc1. The first-order chi connectivity index (χ1) is 11.9. The molecule has 0 aliphatic heterocycles. The molecular formula is C18H19F3N2OS. The fourth-order valence-corrected chi connectivity index (χ4v) is 2.34. The van der Waals surface area contributed by atoms with Crippen molar-refractivity contribution in [3.05, 3.63) is 65.2 Å². The van der Waals surface area contributed by atoms with Gasteiger partial charge < -0.3 is 15.4 Å². The summed E-state index contributed by atoms with van der Waals surface area (Å²) in [4.78, 5) is 0.